The molecule has 2 saturated carbocycles. The summed E-state index contributed by atoms with van der Waals surface area (Å²) in [7, 11) is 0. The van der Waals surface area contributed by atoms with E-state index in [9.17, 15) is 9.18 Å². The van der Waals surface area contributed by atoms with Gasteiger partial charge in [0.15, 0.2) is 5.83 Å². The molecule has 0 unspecified atom stereocenters. The van der Waals surface area contributed by atoms with Crippen molar-refractivity contribution < 1.29 is 13.9 Å². The van der Waals surface area contributed by atoms with E-state index in [-0.39, 0.29) is 23.9 Å². The Morgan fingerprint density at radius 1 is 1.00 bits per heavy atom. The Hall–Kier alpha value is -2.66. The van der Waals surface area contributed by atoms with E-state index < -0.39 is 5.83 Å². The Balaban J connectivity index is 1.43. The van der Waals surface area contributed by atoms with Gasteiger partial charge in [-0.1, -0.05) is 12.1 Å². The molecule has 146 valence electrons. The fourth-order valence-electron chi connectivity index (χ4n) is 4.37. The molecule has 2 fully saturated rings. The van der Waals surface area contributed by atoms with Crippen LogP contribution >= 0.6 is 0 Å². The number of nitrogens with zero attached hydrogens (tertiary/aromatic N) is 2. The van der Waals surface area contributed by atoms with Gasteiger partial charge in [0.2, 0.25) is 0 Å². The Morgan fingerprint density at radius 3 is 2.21 bits per heavy atom. The molecule has 3 rings (SSSR count). The van der Waals surface area contributed by atoms with Gasteiger partial charge in [0, 0.05) is 0 Å². The Morgan fingerprint density at radius 2 is 1.64 bits per heavy atom. The molecule has 0 heterocycles. The molecule has 2 aliphatic rings. The topological polar surface area (TPSA) is 73.9 Å². The van der Waals surface area contributed by atoms with Gasteiger partial charge in [-0.15, -0.1) is 0 Å². The number of hydrogen-bond donors (Lipinski definition) is 0. The molecular weight excluding hydrogens is 355 g/mol. The fourth-order valence-corrected chi connectivity index (χ4v) is 4.37. The van der Waals surface area contributed by atoms with Crippen LogP contribution in [0.3, 0.4) is 0 Å². The second kappa shape index (κ2) is 9.51. The summed E-state index contributed by atoms with van der Waals surface area (Å²) in [6, 6.07) is 11.4. The number of ether oxygens (including phenoxy) is 1. The monoisotopic (exact) mass is 380 g/mol. The van der Waals surface area contributed by atoms with Crippen molar-refractivity contribution in [2.45, 2.75) is 63.4 Å². The van der Waals surface area contributed by atoms with Crippen LogP contribution in [0.25, 0.3) is 0 Å². The smallest absolute Gasteiger partial charge is 0.309 e. The van der Waals surface area contributed by atoms with E-state index in [0.29, 0.717) is 11.5 Å². The predicted molar refractivity (Wildman–Crippen MR) is 102 cm³/mol. The van der Waals surface area contributed by atoms with E-state index in [2.05, 4.69) is 6.07 Å². The maximum atomic E-state index is 13.1. The van der Waals surface area contributed by atoms with E-state index in [1.54, 1.807) is 0 Å². The normalized spacial score (nSPS) is 28.0. The van der Waals surface area contributed by atoms with Crippen LogP contribution in [0.2, 0.25) is 0 Å². The zero-order valence-corrected chi connectivity index (χ0v) is 15.9. The summed E-state index contributed by atoms with van der Waals surface area (Å²) >= 11 is 0. The SMILES string of the molecule is N#C/C(F)=C\C1CCC(OC(=O)C2CCC(c3ccc(C#N)cc3)CC2)CC1. The third-order valence-electron chi connectivity index (χ3n) is 6.06. The molecule has 2 aliphatic carbocycles. The Bertz CT molecular complexity index is 787. The lowest BCUT2D eigenvalue weighted by Crippen LogP contribution is -2.29. The van der Waals surface area contributed by atoms with Gasteiger partial charge in [-0.2, -0.15) is 14.9 Å². The minimum Gasteiger partial charge on any atom is -0.462 e. The van der Waals surface area contributed by atoms with Crippen LogP contribution in [0, 0.1) is 34.5 Å². The lowest BCUT2D eigenvalue weighted by molar-refractivity contribution is -0.157. The second-order valence-corrected chi connectivity index (χ2v) is 7.88. The molecule has 1 aromatic carbocycles. The summed E-state index contributed by atoms with van der Waals surface area (Å²) in [5, 5.41) is 17.4. The second-order valence-electron chi connectivity index (χ2n) is 7.88. The molecule has 0 N–H and O–H groups in total. The predicted octanol–water partition coefficient (Wildman–Crippen LogP) is 5.31. The van der Waals surface area contributed by atoms with Crippen molar-refractivity contribution in [2.75, 3.05) is 0 Å². The summed E-state index contributed by atoms with van der Waals surface area (Å²) in [6.45, 7) is 0. The molecule has 0 amide bonds. The number of hydrogen-bond acceptors (Lipinski definition) is 4. The molecule has 4 nitrogen and oxygen atoms in total. The largest absolute Gasteiger partial charge is 0.462 e. The molecule has 0 bridgehead atoms. The number of benzene rings is 1. The van der Waals surface area contributed by atoms with Crippen molar-refractivity contribution in [1.29, 1.82) is 10.5 Å². The highest BCUT2D eigenvalue weighted by atomic mass is 19.1. The van der Waals surface area contributed by atoms with Gasteiger partial charge in [0.25, 0.3) is 0 Å². The zero-order chi connectivity index (χ0) is 19.9. The van der Waals surface area contributed by atoms with Crippen LogP contribution in [0.15, 0.2) is 36.2 Å². The van der Waals surface area contributed by atoms with Gasteiger partial charge < -0.3 is 4.74 Å². The van der Waals surface area contributed by atoms with E-state index in [0.717, 1.165) is 51.4 Å². The van der Waals surface area contributed by atoms with Crippen LogP contribution in [-0.4, -0.2) is 12.1 Å². The first-order valence-electron chi connectivity index (χ1n) is 10.1. The lowest BCUT2D eigenvalue weighted by atomic mass is 9.78. The minimum absolute atomic E-state index is 0.0386. The van der Waals surface area contributed by atoms with E-state index in [1.165, 1.54) is 17.7 Å². The van der Waals surface area contributed by atoms with Crippen molar-refractivity contribution in [1.82, 2.24) is 0 Å². The van der Waals surface area contributed by atoms with Crippen LogP contribution < -0.4 is 0 Å². The maximum absolute atomic E-state index is 13.1. The molecule has 28 heavy (non-hydrogen) atoms. The van der Waals surface area contributed by atoms with Crippen LogP contribution in [0.5, 0.6) is 0 Å². The molecule has 0 radical (unpaired) electrons. The van der Waals surface area contributed by atoms with E-state index in [1.807, 2.05) is 24.3 Å². The van der Waals surface area contributed by atoms with Crippen molar-refractivity contribution >= 4 is 5.97 Å². The highest BCUT2D eigenvalue weighted by molar-refractivity contribution is 5.72. The quantitative estimate of drug-likeness (QED) is 0.524. The first kappa shape index (κ1) is 20.1. The highest BCUT2D eigenvalue weighted by Crippen LogP contribution is 2.37. The van der Waals surface area contributed by atoms with Crippen molar-refractivity contribution in [3.63, 3.8) is 0 Å². The van der Waals surface area contributed by atoms with Crippen LogP contribution in [-0.2, 0) is 9.53 Å². The van der Waals surface area contributed by atoms with E-state index in [4.69, 9.17) is 15.3 Å². The summed E-state index contributed by atoms with van der Waals surface area (Å²) in [6.07, 6.45) is 7.83. The molecular formula is C23H25FN2O2. The molecule has 0 saturated heterocycles. The number of esters is 1. The van der Waals surface area contributed by atoms with Gasteiger partial charge in [0.1, 0.15) is 12.2 Å². The average Bonchev–Trinajstić information content (AvgIpc) is 2.75. The van der Waals surface area contributed by atoms with E-state index >= 15 is 0 Å². The third kappa shape index (κ3) is 5.20. The van der Waals surface area contributed by atoms with Gasteiger partial charge in [-0.3, -0.25) is 4.79 Å². The first-order valence-corrected chi connectivity index (χ1v) is 10.1. The van der Waals surface area contributed by atoms with Gasteiger partial charge >= 0.3 is 5.97 Å². The van der Waals surface area contributed by atoms with Gasteiger partial charge in [-0.05, 0) is 87.0 Å². The molecule has 0 aromatic heterocycles. The summed E-state index contributed by atoms with van der Waals surface area (Å²) in [5.74, 6) is -0.352. The lowest BCUT2D eigenvalue weighted by Gasteiger charge is -2.31. The van der Waals surface area contributed by atoms with Crippen molar-refractivity contribution in [2.24, 2.45) is 11.8 Å². The average molecular weight is 380 g/mol. The summed E-state index contributed by atoms with van der Waals surface area (Å²) in [5.41, 5.74) is 1.91. The molecule has 0 atom stereocenters. The number of carbonyl (C=O) groups excluding carboxylic acids is 1. The van der Waals surface area contributed by atoms with Crippen LogP contribution in [0.4, 0.5) is 4.39 Å². The number of halogens is 1. The highest BCUT2D eigenvalue weighted by Gasteiger charge is 2.31. The number of carbonyl (C=O) groups is 1. The molecule has 0 aliphatic heterocycles. The first-order chi connectivity index (χ1) is 13.6. The molecule has 1 aromatic rings. The number of allylic oxidation sites excluding steroid dienone is 2. The van der Waals surface area contributed by atoms with Crippen molar-refractivity contribution in [3.05, 3.63) is 47.3 Å². The van der Waals surface area contributed by atoms with Gasteiger partial charge in [-0.25, -0.2) is 0 Å². The zero-order valence-electron chi connectivity index (χ0n) is 15.9. The standard InChI is InChI=1S/C23H25FN2O2/c24-21(15-26)13-16-3-11-22(12-4-16)28-23(27)20-9-7-19(8-10-20)18-5-1-17(14-25)2-6-18/h1-2,5-6,13,16,19-20,22H,3-4,7-12H2/b21-13+. The van der Waals surface area contributed by atoms with Gasteiger partial charge in [0.05, 0.1) is 17.6 Å². The molecule has 5 heteroatoms. The van der Waals surface area contributed by atoms with Crippen LogP contribution in [0.1, 0.15) is 68.4 Å². The molecule has 0 spiro atoms. The summed E-state index contributed by atoms with van der Waals surface area (Å²) < 4.78 is 18.8. The Labute approximate surface area is 165 Å². The summed E-state index contributed by atoms with van der Waals surface area (Å²) in [4.78, 5) is 12.5. The fraction of sp³-hybridized carbons (Fsp3) is 0.522. The minimum atomic E-state index is -0.723. The van der Waals surface area contributed by atoms with Crippen molar-refractivity contribution in [3.8, 4) is 12.1 Å². The third-order valence-corrected chi connectivity index (χ3v) is 6.06. The maximum Gasteiger partial charge on any atom is 0.309 e. The Kier molecular flexibility index (Phi) is 6.82. The number of nitriles is 2. The number of rotatable bonds is 4.